The number of nitrogens with zero attached hydrogens (tertiary/aromatic N) is 2. The van der Waals surface area contributed by atoms with Gasteiger partial charge in [-0.3, -0.25) is 4.68 Å². The number of hydrogen-bond acceptors (Lipinski definition) is 2. The Hall–Kier alpha value is -1.32. The molecule has 0 atom stereocenters. The zero-order valence-electron chi connectivity index (χ0n) is 12.7. The van der Waals surface area contributed by atoms with Gasteiger partial charge in [0.15, 0.2) is 0 Å². The van der Waals surface area contributed by atoms with Crippen LogP contribution in [0.25, 0.3) is 0 Å². The molecule has 2 aromatic rings. The summed E-state index contributed by atoms with van der Waals surface area (Å²) in [5, 5.41) is 8.91. The lowest BCUT2D eigenvalue weighted by Gasteiger charge is -2.43. The maximum atomic E-state index is 6.18. The fourth-order valence-electron chi connectivity index (χ4n) is 3.13. The fraction of sp³-hybridized carbons (Fsp3) is 0.471. The lowest BCUT2D eigenvalue weighted by molar-refractivity contribution is 0.269. The molecular weight excluding hydrogens is 282 g/mol. The molecule has 2 heterocycles. The molecule has 3 nitrogen and oxygen atoms in total. The molecule has 1 aromatic carbocycles. The van der Waals surface area contributed by atoms with Crippen molar-refractivity contribution in [3.8, 4) is 0 Å². The molecule has 1 fully saturated rings. The van der Waals surface area contributed by atoms with Gasteiger partial charge in [0.1, 0.15) is 0 Å². The van der Waals surface area contributed by atoms with E-state index in [-0.39, 0.29) is 5.41 Å². The Balaban J connectivity index is 1.92. The summed E-state index contributed by atoms with van der Waals surface area (Å²) in [4.78, 5) is 0. The van der Waals surface area contributed by atoms with Crippen molar-refractivity contribution in [1.82, 2.24) is 15.1 Å². The molecular formula is C17H22ClN3. The summed E-state index contributed by atoms with van der Waals surface area (Å²) >= 11 is 6.18. The first-order chi connectivity index (χ1) is 10.2. The van der Waals surface area contributed by atoms with Crippen molar-refractivity contribution >= 4 is 11.6 Å². The van der Waals surface area contributed by atoms with E-state index in [1.54, 1.807) is 0 Å². The Labute approximate surface area is 131 Å². The van der Waals surface area contributed by atoms with E-state index in [1.807, 2.05) is 12.1 Å². The van der Waals surface area contributed by atoms with E-state index < -0.39 is 0 Å². The molecule has 0 bridgehead atoms. The van der Waals surface area contributed by atoms with Crippen LogP contribution in [-0.2, 0) is 24.8 Å². The summed E-state index contributed by atoms with van der Waals surface area (Å²) in [7, 11) is 0. The van der Waals surface area contributed by atoms with Gasteiger partial charge in [0.25, 0.3) is 0 Å². The number of nitrogens with one attached hydrogen (secondary N) is 1. The minimum Gasteiger partial charge on any atom is -0.315 e. The Morgan fingerprint density at radius 3 is 2.67 bits per heavy atom. The van der Waals surface area contributed by atoms with Gasteiger partial charge in [-0.05, 0) is 37.1 Å². The third kappa shape index (κ3) is 2.72. The first kappa shape index (κ1) is 14.6. The second kappa shape index (κ2) is 5.82. The molecule has 1 aromatic heterocycles. The van der Waals surface area contributed by atoms with Crippen molar-refractivity contribution in [3.05, 3.63) is 52.3 Å². The molecule has 1 N–H and O–H groups in total. The van der Waals surface area contributed by atoms with Crippen LogP contribution < -0.4 is 5.32 Å². The third-order valence-electron chi connectivity index (χ3n) is 4.46. The van der Waals surface area contributed by atoms with Gasteiger partial charge in [0.05, 0.1) is 5.69 Å². The van der Waals surface area contributed by atoms with Crippen molar-refractivity contribution in [3.63, 3.8) is 0 Å². The van der Waals surface area contributed by atoms with Crippen LogP contribution in [0, 0.1) is 0 Å². The molecule has 0 aliphatic carbocycles. The lowest BCUT2D eigenvalue weighted by atomic mass is 9.72. The molecule has 1 saturated heterocycles. The van der Waals surface area contributed by atoms with Gasteiger partial charge in [-0.25, -0.2) is 0 Å². The van der Waals surface area contributed by atoms with Crippen molar-refractivity contribution < 1.29 is 0 Å². The standard InChI is InChI=1S/C17H22ClN3/c1-3-15-9-16(21(4-2)20-15)10-17(11-19-12-17)13-6-5-7-14(18)8-13/h5-9,19H,3-4,10-12H2,1-2H3. The summed E-state index contributed by atoms with van der Waals surface area (Å²) in [6.07, 6.45) is 2.00. The monoisotopic (exact) mass is 303 g/mol. The Kier molecular flexibility index (Phi) is 4.05. The minimum absolute atomic E-state index is 0.156. The van der Waals surface area contributed by atoms with Crippen LogP contribution in [0.4, 0.5) is 0 Å². The fourth-order valence-corrected chi connectivity index (χ4v) is 3.32. The molecule has 112 valence electrons. The van der Waals surface area contributed by atoms with Crippen molar-refractivity contribution in [2.45, 2.75) is 38.6 Å². The Morgan fingerprint density at radius 2 is 2.10 bits per heavy atom. The summed E-state index contributed by atoms with van der Waals surface area (Å²) in [6.45, 7) is 7.24. The normalized spacial score (nSPS) is 16.7. The summed E-state index contributed by atoms with van der Waals surface area (Å²) in [6, 6.07) is 10.5. The number of benzene rings is 1. The van der Waals surface area contributed by atoms with E-state index in [0.717, 1.165) is 37.5 Å². The van der Waals surface area contributed by atoms with Crippen LogP contribution in [-0.4, -0.2) is 22.9 Å². The predicted molar refractivity (Wildman–Crippen MR) is 87.0 cm³/mol. The Bertz CT molecular complexity index is 629. The number of halogens is 1. The van der Waals surface area contributed by atoms with Crippen LogP contribution in [0.1, 0.15) is 30.8 Å². The van der Waals surface area contributed by atoms with E-state index >= 15 is 0 Å². The highest BCUT2D eigenvalue weighted by Gasteiger charge is 2.39. The average Bonchev–Trinajstić information content (AvgIpc) is 2.85. The molecule has 21 heavy (non-hydrogen) atoms. The van der Waals surface area contributed by atoms with Gasteiger partial charge in [-0.15, -0.1) is 0 Å². The summed E-state index contributed by atoms with van der Waals surface area (Å²) < 4.78 is 2.14. The van der Waals surface area contributed by atoms with Crippen LogP contribution in [0.5, 0.6) is 0 Å². The third-order valence-corrected chi connectivity index (χ3v) is 4.69. The first-order valence-electron chi connectivity index (χ1n) is 7.69. The first-order valence-corrected chi connectivity index (χ1v) is 8.07. The molecule has 0 amide bonds. The van der Waals surface area contributed by atoms with Gasteiger partial charge in [-0.2, -0.15) is 5.10 Å². The van der Waals surface area contributed by atoms with Crippen molar-refractivity contribution in [2.24, 2.45) is 0 Å². The number of aromatic nitrogens is 2. The van der Waals surface area contributed by atoms with Gasteiger partial charge < -0.3 is 5.32 Å². The van der Waals surface area contributed by atoms with E-state index in [2.05, 4.69) is 47.1 Å². The molecule has 1 aliphatic heterocycles. The molecule has 0 unspecified atom stereocenters. The lowest BCUT2D eigenvalue weighted by Crippen LogP contribution is -2.58. The average molecular weight is 304 g/mol. The van der Waals surface area contributed by atoms with Crippen LogP contribution in [0.2, 0.25) is 5.02 Å². The minimum atomic E-state index is 0.156. The number of hydrogen-bond donors (Lipinski definition) is 1. The molecule has 0 radical (unpaired) electrons. The highest BCUT2D eigenvalue weighted by Crippen LogP contribution is 2.34. The van der Waals surface area contributed by atoms with Crippen LogP contribution in [0.15, 0.2) is 30.3 Å². The Morgan fingerprint density at radius 1 is 1.29 bits per heavy atom. The smallest absolute Gasteiger partial charge is 0.0624 e. The van der Waals surface area contributed by atoms with E-state index in [9.17, 15) is 0 Å². The predicted octanol–water partition coefficient (Wildman–Crippen LogP) is 3.20. The quantitative estimate of drug-likeness (QED) is 0.919. The second-order valence-electron chi connectivity index (χ2n) is 5.87. The molecule has 3 rings (SSSR count). The van der Waals surface area contributed by atoms with E-state index in [0.29, 0.717) is 0 Å². The SMILES string of the molecule is CCc1cc(CC2(c3cccc(Cl)c3)CNC2)n(CC)n1. The van der Waals surface area contributed by atoms with E-state index in [4.69, 9.17) is 11.6 Å². The summed E-state index contributed by atoms with van der Waals surface area (Å²) in [5.41, 5.74) is 4.00. The van der Waals surface area contributed by atoms with Crippen LogP contribution >= 0.6 is 11.6 Å². The largest absolute Gasteiger partial charge is 0.315 e. The zero-order valence-corrected chi connectivity index (χ0v) is 13.5. The van der Waals surface area contributed by atoms with Gasteiger partial charge in [-0.1, -0.05) is 30.7 Å². The number of rotatable bonds is 5. The zero-order chi connectivity index (χ0) is 14.9. The van der Waals surface area contributed by atoms with Crippen LogP contribution in [0.3, 0.4) is 0 Å². The van der Waals surface area contributed by atoms with E-state index in [1.165, 1.54) is 17.0 Å². The van der Waals surface area contributed by atoms with Crippen molar-refractivity contribution in [2.75, 3.05) is 13.1 Å². The highest BCUT2D eigenvalue weighted by molar-refractivity contribution is 6.30. The maximum absolute atomic E-state index is 6.18. The summed E-state index contributed by atoms with van der Waals surface area (Å²) in [5.74, 6) is 0. The maximum Gasteiger partial charge on any atom is 0.0624 e. The topological polar surface area (TPSA) is 29.9 Å². The molecule has 0 saturated carbocycles. The van der Waals surface area contributed by atoms with Gasteiger partial charge >= 0.3 is 0 Å². The molecule has 1 aliphatic rings. The number of aryl methyl sites for hydroxylation is 2. The molecule has 4 heteroatoms. The van der Waals surface area contributed by atoms with Gasteiger partial charge in [0.2, 0.25) is 0 Å². The second-order valence-corrected chi connectivity index (χ2v) is 6.30. The van der Waals surface area contributed by atoms with Gasteiger partial charge in [0, 0.05) is 42.2 Å². The highest BCUT2D eigenvalue weighted by atomic mass is 35.5. The molecule has 0 spiro atoms. The van der Waals surface area contributed by atoms with Crippen molar-refractivity contribution in [1.29, 1.82) is 0 Å².